The Morgan fingerprint density at radius 3 is 3.04 bits per heavy atom. The van der Waals surface area contributed by atoms with Crippen LogP contribution >= 0.6 is 0 Å². The number of rotatable bonds is 2. The van der Waals surface area contributed by atoms with E-state index >= 15 is 0 Å². The normalized spacial score (nSPS) is 21.6. The smallest absolute Gasteiger partial charge is 0.254 e. The molecule has 5 rings (SSSR count). The average molecular weight is 361 g/mol. The van der Waals surface area contributed by atoms with Gasteiger partial charge in [-0.25, -0.2) is 4.98 Å². The number of H-pyrrole nitrogens is 1. The summed E-state index contributed by atoms with van der Waals surface area (Å²) in [6.45, 7) is 0.837. The molecule has 1 aliphatic heterocycles. The lowest BCUT2D eigenvalue weighted by molar-refractivity contribution is 0.0547. The number of carbonyl (C=O) groups excluding carboxylic acids is 1. The molecule has 1 saturated heterocycles. The fourth-order valence-electron chi connectivity index (χ4n) is 4.85. The number of carbonyl (C=O) groups is 1. The van der Waals surface area contributed by atoms with E-state index < -0.39 is 0 Å². The van der Waals surface area contributed by atoms with Crippen LogP contribution in [0.2, 0.25) is 0 Å². The van der Waals surface area contributed by atoms with E-state index in [4.69, 9.17) is 4.74 Å². The maximum atomic E-state index is 13.3. The van der Waals surface area contributed by atoms with Gasteiger partial charge in [-0.05, 0) is 67.1 Å². The first-order valence-electron chi connectivity index (χ1n) is 9.65. The number of hydrogen-bond donors (Lipinski definition) is 1. The van der Waals surface area contributed by atoms with Crippen LogP contribution in [-0.2, 0) is 6.42 Å². The van der Waals surface area contributed by atoms with Crippen molar-refractivity contribution >= 4 is 16.9 Å². The number of methoxy groups -OCH3 is 1. The topological polar surface area (TPSA) is 58.2 Å². The molecule has 1 unspecified atom stereocenters. The molecule has 2 heterocycles. The Balaban J connectivity index is 1.46. The molecule has 0 bridgehead atoms. The Bertz CT molecular complexity index is 1010. The highest BCUT2D eigenvalue weighted by Crippen LogP contribution is 2.42. The van der Waals surface area contributed by atoms with Gasteiger partial charge in [0.1, 0.15) is 5.75 Å². The van der Waals surface area contributed by atoms with Gasteiger partial charge in [-0.15, -0.1) is 0 Å². The Labute approximate surface area is 158 Å². The fraction of sp³-hybridized carbons (Fsp3) is 0.364. The number of nitrogens with zero attached hydrogens (tertiary/aromatic N) is 2. The summed E-state index contributed by atoms with van der Waals surface area (Å²) in [7, 11) is 1.71. The summed E-state index contributed by atoms with van der Waals surface area (Å²) in [5, 5.41) is 0. The second kappa shape index (κ2) is 6.41. The summed E-state index contributed by atoms with van der Waals surface area (Å²) < 4.78 is 5.39. The van der Waals surface area contributed by atoms with E-state index in [1.165, 1.54) is 11.1 Å². The maximum absolute atomic E-state index is 13.3. The van der Waals surface area contributed by atoms with Crippen molar-refractivity contribution in [3.05, 3.63) is 59.4 Å². The number of aryl methyl sites for hydroxylation is 1. The molecule has 2 atom stereocenters. The molecule has 3 aromatic rings. The van der Waals surface area contributed by atoms with Crippen LogP contribution in [0.3, 0.4) is 0 Å². The third kappa shape index (κ3) is 2.69. The highest BCUT2D eigenvalue weighted by Gasteiger charge is 2.38. The van der Waals surface area contributed by atoms with Gasteiger partial charge >= 0.3 is 0 Å². The number of benzene rings is 2. The Morgan fingerprint density at radius 1 is 1.22 bits per heavy atom. The first kappa shape index (κ1) is 16.4. The van der Waals surface area contributed by atoms with Crippen LogP contribution in [0.1, 0.15) is 46.7 Å². The summed E-state index contributed by atoms with van der Waals surface area (Å²) >= 11 is 0. The minimum atomic E-state index is 0.131. The third-order valence-electron chi connectivity index (χ3n) is 6.17. The molecule has 2 aliphatic rings. The fourth-order valence-corrected chi connectivity index (χ4v) is 4.85. The molecular formula is C22H23N3O2. The number of piperidine rings is 1. The van der Waals surface area contributed by atoms with Crippen LogP contribution in [0, 0.1) is 0 Å². The van der Waals surface area contributed by atoms with Gasteiger partial charge in [-0.3, -0.25) is 4.79 Å². The summed E-state index contributed by atoms with van der Waals surface area (Å²) in [5.74, 6) is 1.47. The van der Waals surface area contributed by atoms with Crippen LogP contribution in [0.5, 0.6) is 5.75 Å². The second-order valence-electron chi connectivity index (χ2n) is 7.55. The van der Waals surface area contributed by atoms with E-state index in [1.807, 2.05) is 24.3 Å². The molecule has 1 aromatic heterocycles. The number of aromatic nitrogens is 2. The van der Waals surface area contributed by atoms with E-state index in [2.05, 4.69) is 27.0 Å². The second-order valence-corrected chi connectivity index (χ2v) is 7.55. The van der Waals surface area contributed by atoms with Crippen LogP contribution < -0.4 is 4.74 Å². The van der Waals surface area contributed by atoms with Crippen LogP contribution in [0.25, 0.3) is 11.0 Å². The van der Waals surface area contributed by atoms with Crippen molar-refractivity contribution in [1.82, 2.24) is 14.9 Å². The van der Waals surface area contributed by atoms with E-state index in [0.717, 1.165) is 54.6 Å². The number of likely N-dealkylation sites (tertiary alicyclic amines) is 1. The zero-order valence-electron chi connectivity index (χ0n) is 15.4. The van der Waals surface area contributed by atoms with Crippen molar-refractivity contribution in [1.29, 1.82) is 0 Å². The minimum absolute atomic E-state index is 0.131. The summed E-state index contributed by atoms with van der Waals surface area (Å²) in [5.41, 5.74) is 5.31. The maximum Gasteiger partial charge on any atom is 0.254 e. The highest BCUT2D eigenvalue weighted by atomic mass is 16.5. The van der Waals surface area contributed by atoms with Crippen molar-refractivity contribution < 1.29 is 9.53 Å². The predicted octanol–water partition coefficient (Wildman–Crippen LogP) is 3.91. The molecule has 0 radical (unpaired) electrons. The standard InChI is InChI=1S/C22H23N3O2/c1-27-16-6-7-17-14(11-16)5-9-21-18(17)3-2-10-25(21)22(26)15-4-8-19-20(12-15)24-13-23-19/h4,6-8,11-13,18,21H,2-3,5,9-10H2,1H3,(H,23,24)/t18-,21?/m1/s1. The molecule has 5 heteroatoms. The Hall–Kier alpha value is -2.82. The van der Waals surface area contributed by atoms with Gasteiger partial charge in [0, 0.05) is 24.1 Å². The SMILES string of the molecule is COc1ccc2c(c1)CCC1[C@@H]2CCCN1C(=O)c1ccc2[nH]cnc2c1. The zero-order valence-corrected chi connectivity index (χ0v) is 15.4. The lowest BCUT2D eigenvalue weighted by atomic mass is 9.74. The van der Waals surface area contributed by atoms with Gasteiger partial charge in [-0.2, -0.15) is 0 Å². The molecule has 138 valence electrons. The van der Waals surface area contributed by atoms with Crippen molar-refractivity contribution in [3.63, 3.8) is 0 Å². The van der Waals surface area contributed by atoms with Crippen LogP contribution in [0.15, 0.2) is 42.7 Å². The quantitative estimate of drug-likeness (QED) is 0.753. The third-order valence-corrected chi connectivity index (χ3v) is 6.17. The number of imidazole rings is 1. The Morgan fingerprint density at radius 2 is 2.15 bits per heavy atom. The van der Waals surface area contributed by atoms with Gasteiger partial charge in [0.05, 0.1) is 24.5 Å². The number of amides is 1. The predicted molar refractivity (Wildman–Crippen MR) is 104 cm³/mol. The lowest BCUT2D eigenvalue weighted by Gasteiger charge is -2.45. The van der Waals surface area contributed by atoms with Gasteiger partial charge in [0.15, 0.2) is 0 Å². The van der Waals surface area contributed by atoms with E-state index in [0.29, 0.717) is 5.92 Å². The molecule has 1 amide bonds. The summed E-state index contributed by atoms with van der Waals surface area (Å²) in [4.78, 5) is 22.8. The molecule has 5 nitrogen and oxygen atoms in total. The number of ether oxygens (including phenoxy) is 1. The van der Waals surface area contributed by atoms with Crippen molar-refractivity contribution in [2.45, 2.75) is 37.6 Å². The average Bonchev–Trinajstić information content (AvgIpc) is 3.20. The molecule has 1 N–H and O–H groups in total. The van der Waals surface area contributed by atoms with Gasteiger partial charge in [0.25, 0.3) is 5.91 Å². The number of nitrogens with one attached hydrogen (secondary N) is 1. The molecule has 1 aliphatic carbocycles. The van der Waals surface area contributed by atoms with Crippen LogP contribution in [0.4, 0.5) is 0 Å². The van der Waals surface area contributed by atoms with Crippen molar-refractivity contribution in [2.24, 2.45) is 0 Å². The lowest BCUT2D eigenvalue weighted by Crippen LogP contribution is -2.49. The zero-order chi connectivity index (χ0) is 18.4. The monoisotopic (exact) mass is 361 g/mol. The molecule has 0 saturated carbocycles. The van der Waals surface area contributed by atoms with Crippen LogP contribution in [-0.4, -0.2) is 40.5 Å². The first-order valence-corrected chi connectivity index (χ1v) is 9.65. The van der Waals surface area contributed by atoms with Gasteiger partial charge in [0.2, 0.25) is 0 Å². The molecule has 27 heavy (non-hydrogen) atoms. The van der Waals surface area contributed by atoms with Crippen molar-refractivity contribution in [2.75, 3.05) is 13.7 Å². The number of hydrogen-bond acceptors (Lipinski definition) is 3. The van der Waals surface area contributed by atoms with Crippen molar-refractivity contribution in [3.8, 4) is 5.75 Å². The van der Waals surface area contributed by atoms with Gasteiger partial charge in [-0.1, -0.05) is 6.07 Å². The summed E-state index contributed by atoms with van der Waals surface area (Å²) in [6, 6.07) is 12.5. The number of aromatic amines is 1. The molecule has 0 spiro atoms. The molecular weight excluding hydrogens is 338 g/mol. The largest absolute Gasteiger partial charge is 0.497 e. The summed E-state index contributed by atoms with van der Waals surface area (Å²) in [6.07, 6.45) is 5.87. The minimum Gasteiger partial charge on any atom is -0.497 e. The number of fused-ring (bicyclic) bond motifs is 4. The molecule has 2 aromatic carbocycles. The van der Waals surface area contributed by atoms with Gasteiger partial charge < -0.3 is 14.6 Å². The first-order chi connectivity index (χ1) is 13.2. The Kier molecular flexibility index (Phi) is 3.88. The van der Waals surface area contributed by atoms with E-state index in [-0.39, 0.29) is 11.9 Å². The highest BCUT2D eigenvalue weighted by molar-refractivity contribution is 5.97. The van der Waals surface area contributed by atoms with E-state index in [1.54, 1.807) is 13.4 Å². The molecule has 1 fully saturated rings. The van der Waals surface area contributed by atoms with E-state index in [9.17, 15) is 4.79 Å².